The zero-order valence-electron chi connectivity index (χ0n) is 13.9. The standard InChI is InChI=1S/C19H21N5O/c20-19(25)16-11-22-24-12-14(13-5-2-1-3-6-13)9-17(24)18(16)23-15-7-4-8-21-10-15/h1-3,5-6,9,11-12,15,21,23H,4,7-8,10H2,(H2,20,25). The molecule has 1 unspecified atom stereocenters. The maximum absolute atomic E-state index is 11.9. The van der Waals surface area contributed by atoms with E-state index >= 15 is 0 Å². The summed E-state index contributed by atoms with van der Waals surface area (Å²) in [5, 5.41) is 11.3. The molecule has 4 rings (SSSR count). The number of hydrogen-bond acceptors (Lipinski definition) is 4. The number of primary amides is 1. The van der Waals surface area contributed by atoms with Crippen LogP contribution >= 0.6 is 0 Å². The van der Waals surface area contributed by atoms with Gasteiger partial charge in [-0.2, -0.15) is 5.10 Å². The van der Waals surface area contributed by atoms with E-state index in [1.165, 1.54) is 0 Å². The van der Waals surface area contributed by atoms with E-state index in [4.69, 9.17) is 5.73 Å². The fourth-order valence-electron chi connectivity index (χ4n) is 3.36. The van der Waals surface area contributed by atoms with Crippen molar-refractivity contribution >= 4 is 17.1 Å². The molecule has 6 heteroatoms. The molecule has 1 saturated heterocycles. The molecular formula is C19H21N5O. The lowest BCUT2D eigenvalue weighted by molar-refractivity contribution is 0.100. The summed E-state index contributed by atoms with van der Waals surface area (Å²) in [6, 6.07) is 12.4. The average molecular weight is 335 g/mol. The predicted octanol–water partition coefficient (Wildman–Crippen LogP) is 2.26. The first kappa shape index (κ1) is 15.7. The summed E-state index contributed by atoms with van der Waals surface area (Å²) >= 11 is 0. The summed E-state index contributed by atoms with van der Waals surface area (Å²) in [4.78, 5) is 11.9. The second kappa shape index (κ2) is 6.57. The number of fused-ring (bicyclic) bond motifs is 1. The molecule has 3 heterocycles. The van der Waals surface area contributed by atoms with E-state index in [-0.39, 0.29) is 6.04 Å². The van der Waals surface area contributed by atoms with Crippen molar-refractivity contribution in [3.05, 3.63) is 54.4 Å². The number of nitrogens with two attached hydrogens (primary N) is 1. The predicted molar refractivity (Wildman–Crippen MR) is 98.7 cm³/mol. The molecule has 4 N–H and O–H groups in total. The maximum atomic E-state index is 11.9. The van der Waals surface area contributed by atoms with Crippen molar-refractivity contribution < 1.29 is 4.79 Å². The molecule has 1 aliphatic rings. The second-order valence-corrected chi connectivity index (χ2v) is 6.41. The molecule has 1 amide bonds. The molecule has 2 aromatic heterocycles. The van der Waals surface area contributed by atoms with Gasteiger partial charge in [-0.3, -0.25) is 4.79 Å². The van der Waals surface area contributed by atoms with Crippen LogP contribution in [0.3, 0.4) is 0 Å². The first-order chi connectivity index (χ1) is 12.2. The number of carbonyl (C=O) groups is 1. The monoisotopic (exact) mass is 335 g/mol. The number of rotatable bonds is 4. The third-order valence-electron chi connectivity index (χ3n) is 4.66. The first-order valence-electron chi connectivity index (χ1n) is 8.56. The number of nitrogens with one attached hydrogen (secondary N) is 2. The van der Waals surface area contributed by atoms with Crippen molar-refractivity contribution in [2.45, 2.75) is 18.9 Å². The van der Waals surface area contributed by atoms with Gasteiger partial charge in [-0.25, -0.2) is 4.52 Å². The van der Waals surface area contributed by atoms with Gasteiger partial charge in [-0.1, -0.05) is 30.3 Å². The Labute approximate surface area is 146 Å². The molecule has 0 radical (unpaired) electrons. The van der Waals surface area contributed by atoms with E-state index in [2.05, 4.69) is 27.9 Å². The summed E-state index contributed by atoms with van der Waals surface area (Å²) in [5.74, 6) is -0.469. The van der Waals surface area contributed by atoms with Gasteiger partial charge < -0.3 is 16.4 Å². The van der Waals surface area contributed by atoms with E-state index in [0.29, 0.717) is 5.56 Å². The Hall–Kier alpha value is -2.86. The average Bonchev–Trinajstić information content (AvgIpc) is 3.08. The molecular weight excluding hydrogens is 314 g/mol. The minimum Gasteiger partial charge on any atom is -0.379 e. The maximum Gasteiger partial charge on any atom is 0.252 e. The number of anilines is 1. The normalized spacial score (nSPS) is 17.5. The topological polar surface area (TPSA) is 84.5 Å². The van der Waals surface area contributed by atoms with Crippen LogP contribution in [0.15, 0.2) is 48.8 Å². The summed E-state index contributed by atoms with van der Waals surface area (Å²) in [6.45, 7) is 1.91. The molecule has 3 aromatic rings. The molecule has 0 spiro atoms. The molecule has 0 bridgehead atoms. The van der Waals surface area contributed by atoms with Crippen molar-refractivity contribution in [1.82, 2.24) is 14.9 Å². The summed E-state index contributed by atoms with van der Waals surface area (Å²) in [5.41, 5.74) is 9.80. The highest BCUT2D eigenvalue weighted by molar-refractivity contribution is 6.02. The zero-order valence-corrected chi connectivity index (χ0v) is 13.9. The summed E-state index contributed by atoms with van der Waals surface area (Å²) in [6.07, 6.45) is 5.69. The van der Waals surface area contributed by atoms with Crippen molar-refractivity contribution in [3.8, 4) is 11.1 Å². The van der Waals surface area contributed by atoms with Gasteiger partial charge in [-0.05, 0) is 31.0 Å². The van der Waals surface area contributed by atoms with Crippen molar-refractivity contribution in [2.24, 2.45) is 5.73 Å². The van der Waals surface area contributed by atoms with Crippen LogP contribution in [0.2, 0.25) is 0 Å². The van der Waals surface area contributed by atoms with Crippen LogP contribution in [0.1, 0.15) is 23.2 Å². The molecule has 1 aliphatic heterocycles. The van der Waals surface area contributed by atoms with Gasteiger partial charge in [0.1, 0.15) is 0 Å². The van der Waals surface area contributed by atoms with Gasteiger partial charge in [-0.15, -0.1) is 0 Å². The van der Waals surface area contributed by atoms with Crippen LogP contribution < -0.4 is 16.4 Å². The molecule has 0 aliphatic carbocycles. The van der Waals surface area contributed by atoms with Crippen LogP contribution in [0.4, 0.5) is 5.69 Å². The van der Waals surface area contributed by atoms with E-state index in [0.717, 1.165) is 48.3 Å². The van der Waals surface area contributed by atoms with Gasteiger partial charge in [0, 0.05) is 24.3 Å². The molecule has 1 atom stereocenters. The van der Waals surface area contributed by atoms with Gasteiger partial charge in [0.25, 0.3) is 5.91 Å². The Kier molecular flexibility index (Phi) is 4.11. The summed E-state index contributed by atoms with van der Waals surface area (Å²) in [7, 11) is 0. The fourth-order valence-corrected chi connectivity index (χ4v) is 3.36. The minimum atomic E-state index is -0.469. The number of benzene rings is 1. The van der Waals surface area contributed by atoms with E-state index in [1.54, 1.807) is 10.7 Å². The molecule has 1 fully saturated rings. The molecule has 128 valence electrons. The number of nitrogens with zero attached hydrogens (tertiary/aromatic N) is 2. The van der Waals surface area contributed by atoms with Crippen molar-refractivity contribution in [3.63, 3.8) is 0 Å². The molecule has 1 aromatic carbocycles. The number of amides is 1. The molecule has 6 nitrogen and oxygen atoms in total. The third kappa shape index (κ3) is 3.08. The van der Waals surface area contributed by atoms with Gasteiger partial charge in [0.05, 0.1) is 23.0 Å². The lowest BCUT2D eigenvalue weighted by Crippen LogP contribution is -2.39. The van der Waals surface area contributed by atoms with Crippen LogP contribution in [-0.2, 0) is 0 Å². The number of aromatic nitrogens is 2. The quantitative estimate of drug-likeness (QED) is 0.683. The lowest BCUT2D eigenvalue weighted by atomic mass is 10.1. The molecule has 0 saturated carbocycles. The van der Waals surface area contributed by atoms with E-state index < -0.39 is 5.91 Å². The largest absolute Gasteiger partial charge is 0.379 e. The Balaban J connectivity index is 1.80. The minimum absolute atomic E-state index is 0.271. The lowest BCUT2D eigenvalue weighted by Gasteiger charge is -2.25. The Morgan fingerprint density at radius 3 is 2.84 bits per heavy atom. The van der Waals surface area contributed by atoms with Crippen molar-refractivity contribution in [2.75, 3.05) is 18.4 Å². The van der Waals surface area contributed by atoms with E-state index in [1.807, 2.05) is 30.5 Å². The Bertz CT molecular complexity index is 897. The third-order valence-corrected chi connectivity index (χ3v) is 4.66. The van der Waals surface area contributed by atoms with Gasteiger partial charge in [0.2, 0.25) is 0 Å². The second-order valence-electron chi connectivity index (χ2n) is 6.41. The SMILES string of the molecule is NC(=O)c1cnn2cc(-c3ccccc3)cc2c1NC1CCCNC1. The van der Waals surface area contributed by atoms with Crippen LogP contribution in [0.5, 0.6) is 0 Å². The van der Waals surface area contributed by atoms with Crippen molar-refractivity contribution in [1.29, 1.82) is 0 Å². The zero-order chi connectivity index (χ0) is 17.2. The highest BCUT2D eigenvalue weighted by Crippen LogP contribution is 2.29. The first-order valence-corrected chi connectivity index (χ1v) is 8.56. The fraction of sp³-hybridized carbons (Fsp3) is 0.263. The van der Waals surface area contributed by atoms with Crippen LogP contribution in [0.25, 0.3) is 16.6 Å². The highest BCUT2D eigenvalue weighted by Gasteiger charge is 2.20. The van der Waals surface area contributed by atoms with Crippen LogP contribution in [0, 0.1) is 0 Å². The van der Waals surface area contributed by atoms with Gasteiger partial charge in [0.15, 0.2) is 0 Å². The molecule has 25 heavy (non-hydrogen) atoms. The van der Waals surface area contributed by atoms with E-state index in [9.17, 15) is 4.79 Å². The smallest absolute Gasteiger partial charge is 0.252 e. The van der Waals surface area contributed by atoms with Crippen LogP contribution in [-0.4, -0.2) is 34.7 Å². The highest BCUT2D eigenvalue weighted by atomic mass is 16.1. The number of hydrogen-bond donors (Lipinski definition) is 3. The number of carbonyl (C=O) groups excluding carboxylic acids is 1. The number of piperidine rings is 1. The summed E-state index contributed by atoms with van der Waals surface area (Å²) < 4.78 is 1.80. The Morgan fingerprint density at radius 1 is 1.28 bits per heavy atom. The Morgan fingerprint density at radius 2 is 2.12 bits per heavy atom. The van der Waals surface area contributed by atoms with Gasteiger partial charge >= 0.3 is 0 Å².